The van der Waals surface area contributed by atoms with Crippen molar-refractivity contribution in [2.75, 3.05) is 4.72 Å². The molecule has 0 atom stereocenters. The van der Waals surface area contributed by atoms with Gasteiger partial charge in [-0.1, -0.05) is 20.8 Å². The number of rotatable bonds is 4. The number of aromatic amines is 1. The van der Waals surface area contributed by atoms with Crippen molar-refractivity contribution in [1.82, 2.24) is 15.2 Å². The van der Waals surface area contributed by atoms with E-state index in [1.165, 1.54) is 5.51 Å². The van der Waals surface area contributed by atoms with Gasteiger partial charge in [-0.25, -0.2) is 18.2 Å². The van der Waals surface area contributed by atoms with Crippen LogP contribution in [0.4, 0.5) is 5.82 Å². The van der Waals surface area contributed by atoms with Crippen molar-refractivity contribution in [2.45, 2.75) is 30.4 Å². The van der Waals surface area contributed by atoms with Crippen LogP contribution in [0, 0.1) is 0 Å². The molecular weight excluding hydrogens is 316 g/mol. The number of sulfonamides is 1. The van der Waals surface area contributed by atoms with Crippen molar-refractivity contribution >= 4 is 33.1 Å². The molecule has 0 saturated carbocycles. The largest absolute Gasteiger partial charge is 0.476 e. The van der Waals surface area contributed by atoms with Crippen LogP contribution in [0.1, 0.15) is 37.0 Å². The molecule has 2 rings (SSSR count). The summed E-state index contributed by atoms with van der Waals surface area (Å²) in [7, 11) is -4.04. The maximum Gasteiger partial charge on any atom is 0.356 e. The minimum absolute atomic E-state index is 0.102. The third kappa shape index (κ3) is 3.22. The quantitative estimate of drug-likeness (QED) is 0.783. The Bertz CT molecular complexity index is 770. The molecule has 2 aromatic heterocycles. The summed E-state index contributed by atoms with van der Waals surface area (Å²) in [6.45, 7) is 5.85. The van der Waals surface area contributed by atoms with Crippen molar-refractivity contribution in [3.05, 3.63) is 23.0 Å². The van der Waals surface area contributed by atoms with Crippen LogP contribution in [0.3, 0.4) is 0 Å². The molecular formula is C11H14N4O4S2. The van der Waals surface area contributed by atoms with Gasteiger partial charge in [0.2, 0.25) is 0 Å². The van der Waals surface area contributed by atoms with E-state index in [0.717, 1.165) is 17.0 Å². The second kappa shape index (κ2) is 5.11. The van der Waals surface area contributed by atoms with Gasteiger partial charge in [0.05, 0.1) is 5.51 Å². The molecule has 0 aromatic carbocycles. The molecule has 0 spiro atoms. The smallest absolute Gasteiger partial charge is 0.356 e. The molecule has 0 amide bonds. The Hall–Kier alpha value is -1.94. The maximum atomic E-state index is 12.2. The lowest BCUT2D eigenvalue weighted by molar-refractivity contribution is 0.0687. The first-order chi connectivity index (χ1) is 9.61. The van der Waals surface area contributed by atoms with Gasteiger partial charge in [-0.05, 0) is 0 Å². The van der Waals surface area contributed by atoms with Gasteiger partial charge in [-0.3, -0.25) is 9.82 Å². The number of anilines is 1. The minimum atomic E-state index is -4.04. The Kier molecular flexibility index (Phi) is 3.76. The zero-order valence-corrected chi connectivity index (χ0v) is 13.2. The first-order valence-corrected chi connectivity index (χ1v) is 8.23. The Morgan fingerprint density at radius 3 is 2.62 bits per heavy atom. The van der Waals surface area contributed by atoms with E-state index < -0.39 is 21.7 Å². The SMILES string of the molecule is CC(C)(C)c1cc(NS(=O)(=O)c2scnc2C(=O)O)n[nH]1. The molecule has 0 saturated heterocycles. The number of carboxylic acids is 1. The molecule has 21 heavy (non-hydrogen) atoms. The molecule has 0 bridgehead atoms. The van der Waals surface area contributed by atoms with Crippen molar-refractivity contribution < 1.29 is 18.3 Å². The normalized spacial score (nSPS) is 12.3. The molecule has 0 aliphatic rings. The standard InChI is InChI=1S/C11H14N4O4S2/c1-11(2,3)6-4-7(14-13-6)15-21(18,19)10-8(9(16)17)12-5-20-10/h4-5H,1-3H3,(H,16,17)(H2,13,14,15). The number of carbonyl (C=O) groups is 1. The second-order valence-corrected chi connectivity index (χ2v) is 8.05. The van der Waals surface area contributed by atoms with Gasteiger partial charge in [0.15, 0.2) is 15.7 Å². The topological polar surface area (TPSA) is 125 Å². The molecule has 0 fully saturated rings. The van der Waals surface area contributed by atoms with Gasteiger partial charge < -0.3 is 5.11 Å². The van der Waals surface area contributed by atoms with E-state index in [2.05, 4.69) is 19.9 Å². The Morgan fingerprint density at radius 1 is 1.43 bits per heavy atom. The summed E-state index contributed by atoms with van der Waals surface area (Å²) >= 11 is 0.736. The maximum absolute atomic E-state index is 12.2. The van der Waals surface area contributed by atoms with E-state index in [4.69, 9.17) is 5.11 Å². The Balaban J connectivity index is 2.32. The summed E-state index contributed by atoms with van der Waals surface area (Å²) in [4.78, 5) is 14.5. The molecule has 0 radical (unpaired) electrons. The van der Waals surface area contributed by atoms with Gasteiger partial charge in [0.25, 0.3) is 10.0 Å². The second-order valence-electron chi connectivity index (χ2n) is 5.32. The first kappa shape index (κ1) is 15.4. The van der Waals surface area contributed by atoms with Gasteiger partial charge in [-0.15, -0.1) is 11.3 Å². The zero-order valence-electron chi connectivity index (χ0n) is 11.5. The van der Waals surface area contributed by atoms with Crippen molar-refractivity contribution in [1.29, 1.82) is 0 Å². The molecule has 2 heterocycles. The van der Waals surface area contributed by atoms with Crippen LogP contribution in [0.5, 0.6) is 0 Å². The first-order valence-electron chi connectivity index (χ1n) is 5.87. The number of hydrogen-bond donors (Lipinski definition) is 3. The monoisotopic (exact) mass is 330 g/mol. The van der Waals surface area contributed by atoms with Gasteiger partial charge in [-0.2, -0.15) is 5.10 Å². The average molecular weight is 330 g/mol. The molecule has 10 heteroatoms. The summed E-state index contributed by atoms with van der Waals surface area (Å²) < 4.78 is 26.3. The number of aromatic carboxylic acids is 1. The highest BCUT2D eigenvalue weighted by Gasteiger charge is 2.27. The van der Waals surface area contributed by atoms with Crippen LogP contribution in [-0.2, 0) is 15.4 Å². The molecule has 2 aromatic rings. The summed E-state index contributed by atoms with van der Waals surface area (Å²) in [6, 6.07) is 1.57. The van der Waals surface area contributed by atoms with E-state index in [-0.39, 0.29) is 15.4 Å². The zero-order chi connectivity index (χ0) is 15.8. The highest BCUT2D eigenvalue weighted by molar-refractivity contribution is 7.94. The lowest BCUT2D eigenvalue weighted by Gasteiger charge is -2.14. The van der Waals surface area contributed by atoms with Crippen LogP contribution in [0.2, 0.25) is 0 Å². The van der Waals surface area contributed by atoms with Crippen molar-refractivity contribution in [2.24, 2.45) is 0 Å². The van der Waals surface area contributed by atoms with Gasteiger partial charge in [0, 0.05) is 17.2 Å². The highest BCUT2D eigenvalue weighted by atomic mass is 32.2. The number of H-pyrrole nitrogens is 1. The van der Waals surface area contributed by atoms with E-state index in [1.54, 1.807) is 6.07 Å². The number of thiazole rings is 1. The number of nitrogens with zero attached hydrogens (tertiary/aromatic N) is 2. The lowest BCUT2D eigenvalue weighted by atomic mass is 9.92. The summed E-state index contributed by atoms with van der Waals surface area (Å²) in [5.41, 5.74) is 1.21. The van der Waals surface area contributed by atoms with Crippen LogP contribution >= 0.6 is 11.3 Å². The van der Waals surface area contributed by atoms with Gasteiger partial charge >= 0.3 is 5.97 Å². The summed E-state index contributed by atoms with van der Waals surface area (Å²) in [5, 5.41) is 15.5. The summed E-state index contributed by atoms with van der Waals surface area (Å²) in [5.74, 6) is -1.29. The Labute approximate surface area is 125 Å². The molecule has 3 N–H and O–H groups in total. The number of carboxylic acid groups (broad SMARTS) is 1. The molecule has 0 unspecified atom stereocenters. The minimum Gasteiger partial charge on any atom is -0.476 e. The van der Waals surface area contributed by atoms with Crippen LogP contribution in [0.25, 0.3) is 0 Å². The van der Waals surface area contributed by atoms with Crippen LogP contribution < -0.4 is 4.72 Å². The fourth-order valence-electron chi connectivity index (χ4n) is 1.51. The third-order valence-electron chi connectivity index (χ3n) is 2.61. The molecule has 0 aliphatic heterocycles. The van der Waals surface area contributed by atoms with Crippen molar-refractivity contribution in [3.63, 3.8) is 0 Å². The van der Waals surface area contributed by atoms with Gasteiger partial charge in [0.1, 0.15) is 0 Å². The number of aromatic nitrogens is 3. The van der Waals surface area contributed by atoms with E-state index in [1.807, 2.05) is 20.8 Å². The lowest BCUT2D eigenvalue weighted by Crippen LogP contribution is -2.15. The fraction of sp³-hybridized carbons (Fsp3) is 0.364. The van der Waals surface area contributed by atoms with Crippen molar-refractivity contribution in [3.8, 4) is 0 Å². The third-order valence-corrected chi connectivity index (χ3v) is 5.33. The number of nitrogens with one attached hydrogen (secondary N) is 2. The molecule has 8 nitrogen and oxygen atoms in total. The highest BCUT2D eigenvalue weighted by Crippen LogP contribution is 2.25. The fourth-order valence-corrected chi connectivity index (χ4v) is 3.64. The predicted octanol–water partition coefficient (Wildman–Crippen LogP) is 1.66. The molecule has 114 valence electrons. The van der Waals surface area contributed by atoms with E-state index in [0.29, 0.717) is 0 Å². The summed E-state index contributed by atoms with van der Waals surface area (Å²) in [6.07, 6.45) is 0. The number of hydrogen-bond acceptors (Lipinski definition) is 6. The van der Waals surface area contributed by atoms with E-state index in [9.17, 15) is 13.2 Å². The molecule has 0 aliphatic carbocycles. The van der Waals surface area contributed by atoms with Crippen LogP contribution in [0.15, 0.2) is 15.8 Å². The average Bonchev–Trinajstić information content (AvgIpc) is 2.93. The van der Waals surface area contributed by atoms with Crippen LogP contribution in [-0.4, -0.2) is 34.7 Å². The Morgan fingerprint density at radius 2 is 2.10 bits per heavy atom. The van der Waals surface area contributed by atoms with E-state index >= 15 is 0 Å². The predicted molar refractivity (Wildman–Crippen MR) is 77.2 cm³/mol.